The molecule has 148 valence electrons. The first-order chi connectivity index (χ1) is 13.9. The quantitative estimate of drug-likeness (QED) is 0.432. The van der Waals surface area contributed by atoms with Crippen molar-refractivity contribution in [3.63, 3.8) is 0 Å². The Morgan fingerprint density at radius 2 is 1.28 bits per heavy atom. The number of rotatable bonds is 5. The van der Waals surface area contributed by atoms with E-state index in [-0.39, 0.29) is 11.3 Å². The van der Waals surface area contributed by atoms with Crippen LogP contribution < -0.4 is 9.47 Å². The number of carbonyl (C=O) groups excluding carboxylic acids is 2. The third-order valence-electron chi connectivity index (χ3n) is 4.73. The standard InChI is InChI=1S/C24H22O5/c1-24(2,17-11-5-4-6-12-17)19-14-8-10-16-21(19)29-23(26)28-20-15-9-7-13-18(20)22(25)27-3/h4-16H,1-3H3. The van der Waals surface area contributed by atoms with Crippen LogP contribution in [0.25, 0.3) is 0 Å². The minimum Gasteiger partial charge on any atom is -0.465 e. The largest absolute Gasteiger partial charge is 0.519 e. The van der Waals surface area contributed by atoms with Gasteiger partial charge < -0.3 is 14.2 Å². The van der Waals surface area contributed by atoms with Crippen LogP contribution in [0.4, 0.5) is 4.79 Å². The van der Waals surface area contributed by atoms with Gasteiger partial charge in [0.2, 0.25) is 0 Å². The summed E-state index contributed by atoms with van der Waals surface area (Å²) in [6, 6.07) is 23.6. The smallest absolute Gasteiger partial charge is 0.465 e. The first-order valence-corrected chi connectivity index (χ1v) is 9.15. The van der Waals surface area contributed by atoms with Gasteiger partial charge in [-0.25, -0.2) is 9.59 Å². The van der Waals surface area contributed by atoms with Crippen molar-refractivity contribution in [1.82, 2.24) is 0 Å². The highest BCUT2D eigenvalue weighted by atomic mass is 16.7. The minimum atomic E-state index is -0.933. The molecule has 5 nitrogen and oxygen atoms in total. The van der Waals surface area contributed by atoms with Gasteiger partial charge in [-0.05, 0) is 23.8 Å². The Morgan fingerprint density at radius 1 is 0.724 bits per heavy atom. The van der Waals surface area contributed by atoms with Gasteiger partial charge in [-0.15, -0.1) is 0 Å². The number of carbonyl (C=O) groups is 2. The van der Waals surface area contributed by atoms with E-state index in [1.807, 2.05) is 42.5 Å². The van der Waals surface area contributed by atoms with Crippen LogP contribution >= 0.6 is 0 Å². The van der Waals surface area contributed by atoms with Crippen molar-refractivity contribution in [3.8, 4) is 11.5 Å². The predicted molar refractivity (Wildman–Crippen MR) is 109 cm³/mol. The third kappa shape index (κ3) is 4.46. The van der Waals surface area contributed by atoms with Gasteiger partial charge in [-0.2, -0.15) is 0 Å². The summed E-state index contributed by atoms with van der Waals surface area (Å²) >= 11 is 0. The van der Waals surface area contributed by atoms with Gasteiger partial charge in [-0.1, -0.05) is 74.5 Å². The number of hydrogen-bond donors (Lipinski definition) is 0. The van der Waals surface area contributed by atoms with Crippen molar-refractivity contribution < 1.29 is 23.8 Å². The first kappa shape index (κ1) is 20.1. The van der Waals surface area contributed by atoms with E-state index in [9.17, 15) is 9.59 Å². The molecule has 29 heavy (non-hydrogen) atoms. The highest BCUT2D eigenvalue weighted by Gasteiger charge is 2.27. The number of esters is 1. The second kappa shape index (κ2) is 8.61. The van der Waals surface area contributed by atoms with Gasteiger partial charge in [-0.3, -0.25) is 0 Å². The highest BCUT2D eigenvalue weighted by Crippen LogP contribution is 2.37. The Hall–Kier alpha value is -3.60. The fourth-order valence-electron chi connectivity index (χ4n) is 3.12. The van der Waals surface area contributed by atoms with E-state index in [2.05, 4.69) is 13.8 Å². The summed E-state index contributed by atoms with van der Waals surface area (Å²) in [5.74, 6) is -0.134. The summed E-state index contributed by atoms with van der Waals surface area (Å²) < 4.78 is 15.5. The van der Waals surface area contributed by atoms with E-state index < -0.39 is 17.5 Å². The fourth-order valence-corrected chi connectivity index (χ4v) is 3.12. The van der Waals surface area contributed by atoms with E-state index >= 15 is 0 Å². The van der Waals surface area contributed by atoms with Gasteiger partial charge in [0.05, 0.1) is 7.11 Å². The molecule has 3 aromatic carbocycles. The van der Waals surface area contributed by atoms with Crippen LogP contribution in [0.3, 0.4) is 0 Å². The van der Waals surface area contributed by atoms with Gasteiger partial charge in [0, 0.05) is 11.0 Å². The van der Waals surface area contributed by atoms with E-state index in [1.165, 1.54) is 19.2 Å². The van der Waals surface area contributed by atoms with E-state index in [0.717, 1.165) is 11.1 Å². The van der Waals surface area contributed by atoms with Crippen LogP contribution in [0.15, 0.2) is 78.9 Å². The summed E-state index contributed by atoms with van der Waals surface area (Å²) in [7, 11) is 1.26. The zero-order valence-electron chi connectivity index (χ0n) is 16.5. The molecule has 0 saturated carbocycles. The van der Waals surface area contributed by atoms with Crippen LogP contribution in [0.1, 0.15) is 35.3 Å². The average Bonchev–Trinajstić information content (AvgIpc) is 2.74. The van der Waals surface area contributed by atoms with E-state index in [1.54, 1.807) is 24.3 Å². The third-order valence-corrected chi connectivity index (χ3v) is 4.73. The topological polar surface area (TPSA) is 61.8 Å². The van der Waals surface area contributed by atoms with Crippen molar-refractivity contribution in [2.45, 2.75) is 19.3 Å². The lowest BCUT2D eigenvalue weighted by Crippen LogP contribution is -2.22. The van der Waals surface area contributed by atoms with Crippen LogP contribution in [-0.2, 0) is 10.2 Å². The Morgan fingerprint density at radius 3 is 1.97 bits per heavy atom. The molecule has 0 aliphatic rings. The van der Waals surface area contributed by atoms with Crippen LogP contribution in [0.2, 0.25) is 0 Å². The Bertz CT molecular complexity index is 1010. The summed E-state index contributed by atoms with van der Waals surface area (Å²) in [6.07, 6.45) is -0.933. The highest BCUT2D eigenvalue weighted by molar-refractivity contribution is 5.93. The Labute approximate surface area is 169 Å². The molecular formula is C24H22O5. The van der Waals surface area contributed by atoms with Gasteiger partial charge in [0.1, 0.15) is 17.1 Å². The molecule has 0 aliphatic heterocycles. The molecule has 0 N–H and O–H groups in total. The summed E-state index contributed by atoms with van der Waals surface area (Å²) in [6.45, 7) is 4.12. The van der Waals surface area contributed by atoms with Gasteiger partial charge >= 0.3 is 12.1 Å². The number of hydrogen-bond acceptors (Lipinski definition) is 5. The maximum absolute atomic E-state index is 12.5. The molecule has 0 heterocycles. The Balaban J connectivity index is 1.86. The number of ether oxygens (including phenoxy) is 3. The Kier molecular flexibility index (Phi) is 5.98. The molecule has 0 saturated heterocycles. The summed E-state index contributed by atoms with van der Waals surface area (Å²) in [5, 5.41) is 0. The maximum Gasteiger partial charge on any atom is 0.519 e. The lowest BCUT2D eigenvalue weighted by molar-refractivity contribution is 0.0597. The molecule has 0 amide bonds. The monoisotopic (exact) mass is 390 g/mol. The number of para-hydroxylation sites is 2. The number of benzene rings is 3. The molecule has 0 spiro atoms. The number of methoxy groups -OCH3 is 1. The minimum absolute atomic E-state index is 0.0733. The SMILES string of the molecule is COC(=O)c1ccccc1OC(=O)Oc1ccccc1C(C)(C)c1ccccc1. The van der Waals surface area contributed by atoms with Crippen molar-refractivity contribution in [2.24, 2.45) is 0 Å². The molecular weight excluding hydrogens is 368 g/mol. The average molecular weight is 390 g/mol. The summed E-state index contributed by atoms with van der Waals surface area (Å²) in [5.41, 5.74) is 1.66. The van der Waals surface area contributed by atoms with E-state index in [4.69, 9.17) is 14.2 Å². The van der Waals surface area contributed by atoms with Crippen molar-refractivity contribution in [3.05, 3.63) is 95.6 Å². The molecule has 5 heteroatoms. The molecule has 0 bridgehead atoms. The van der Waals surface area contributed by atoms with Gasteiger partial charge in [0.15, 0.2) is 0 Å². The van der Waals surface area contributed by atoms with Crippen molar-refractivity contribution in [1.29, 1.82) is 0 Å². The van der Waals surface area contributed by atoms with Crippen LogP contribution in [0, 0.1) is 0 Å². The molecule has 0 unspecified atom stereocenters. The molecule has 0 aliphatic carbocycles. The maximum atomic E-state index is 12.5. The van der Waals surface area contributed by atoms with Crippen LogP contribution in [0.5, 0.6) is 11.5 Å². The second-order valence-corrected chi connectivity index (χ2v) is 6.93. The zero-order chi connectivity index (χ0) is 20.9. The van der Waals surface area contributed by atoms with E-state index in [0.29, 0.717) is 5.75 Å². The molecule has 0 atom stereocenters. The van der Waals surface area contributed by atoms with Crippen molar-refractivity contribution in [2.75, 3.05) is 7.11 Å². The first-order valence-electron chi connectivity index (χ1n) is 9.15. The predicted octanol–water partition coefficient (Wildman–Crippen LogP) is 5.38. The fraction of sp³-hybridized carbons (Fsp3) is 0.167. The molecule has 3 aromatic rings. The second-order valence-electron chi connectivity index (χ2n) is 6.93. The molecule has 0 fully saturated rings. The van der Waals surface area contributed by atoms with Crippen LogP contribution in [-0.4, -0.2) is 19.2 Å². The summed E-state index contributed by atoms with van der Waals surface area (Å²) in [4.78, 5) is 24.3. The van der Waals surface area contributed by atoms with Crippen molar-refractivity contribution >= 4 is 12.1 Å². The normalized spacial score (nSPS) is 10.9. The molecule has 0 radical (unpaired) electrons. The lowest BCUT2D eigenvalue weighted by Gasteiger charge is -2.27. The zero-order valence-corrected chi connectivity index (χ0v) is 16.5. The lowest BCUT2D eigenvalue weighted by atomic mass is 9.78. The molecule has 0 aromatic heterocycles. The molecule has 3 rings (SSSR count). The van der Waals surface area contributed by atoms with Gasteiger partial charge in [0.25, 0.3) is 0 Å².